The number of benzene rings is 1. The molecule has 7 nitrogen and oxygen atoms in total. The minimum Gasteiger partial charge on any atom is -0.368 e. The monoisotopic (exact) mass is 393 g/mol. The Morgan fingerprint density at radius 3 is 2.93 bits per heavy atom. The van der Waals surface area contributed by atoms with Gasteiger partial charge >= 0.3 is 0 Å². The summed E-state index contributed by atoms with van der Waals surface area (Å²) in [7, 11) is 1.90. The van der Waals surface area contributed by atoms with Crippen molar-refractivity contribution in [2.24, 2.45) is 7.05 Å². The van der Waals surface area contributed by atoms with Gasteiger partial charge in [-0.3, -0.25) is 0 Å². The quantitative estimate of drug-likeness (QED) is 0.495. The van der Waals surface area contributed by atoms with Crippen molar-refractivity contribution < 1.29 is 4.39 Å². The molecule has 0 aliphatic carbocycles. The van der Waals surface area contributed by atoms with E-state index < -0.39 is 0 Å². The molecule has 1 N–H and O–H groups in total. The molecule has 0 spiro atoms. The third-order valence-corrected chi connectivity index (χ3v) is 5.32. The zero-order valence-corrected chi connectivity index (χ0v) is 15.8. The highest BCUT2D eigenvalue weighted by Crippen LogP contribution is 2.21. The second-order valence-electron chi connectivity index (χ2n) is 6.42. The van der Waals surface area contributed by atoms with E-state index in [1.54, 1.807) is 21.9 Å². The Labute approximate surface area is 163 Å². The van der Waals surface area contributed by atoms with Gasteiger partial charge in [-0.1, -0.05) is 0 Å². The molecular formula is C19H16FN7S. The fourth-order valence-electron chi connectivity index (χ4n) is 3.19. The van der Waals surface area contributed by atoms with Gasteiger partial charge in [0.25, 0.3) is 0 Å². The number of anilines is 1. The van der Waals surface area contributed by atoms with E-state index in [2.05, 4.69) is 25.6 Å². The second kappa shape index (κ2) is 6.68. The molecule has 140 valence electrons. The predicted molar refractivity (Wildman–Crippen MR) is 107 cm³/mol. The van der Waals surface area contributed by atoms with Crippen molar-refractivity contribution in [3.8, 4) is 11.4 Å². The number of fused-ring (bicyclic) bond motifs is 2. The van der Waals surface area contributed by atoms with Crippen molar-refractivity contribution in [2.45, 2.75) is 6.42 Å². The maximum atomic E-state index is 13.5. The standard InChI is InChI=1S/C19H16FN7S/c1-26-15-10-13(20)2-3-14(15)22-17(26)6-8-21-16-4-5-18-23-24-19(27(18)25-16)12-7-9-28-11-12/h2-5,7,9-11H,6,8H2,1H3,(H,21,25). The van der Waals surface area contributed by atoms with Crippen LogP contribution in [0.1, 0.15) is 5.82 Å². The highest BCUT2D eigenvalue weighted by molar-refractivity contribution is 7.08. The summed E-state index contributed by atoms with van der Waals surface area (Å²) in [5.74, 6) is 2.08. The fourth-order valence-corrected chi connectivity index (χ4v) is 3.83. The maximum absolute atomic E-state index is 13.5. The van der Waals surface area contributed by atoms with Crippen LogP contribution in [0.15, 0.2) is 47.2 Å². The van der Waals surface area contributed by atoms with Crippen LogP contribution in [0.2, 0.25) is 0 Å². The molecule has 4 aromatic heterocycles. The van der Waals surface area contributed by atoms with Gasteiger partial charge in [-0.2, -0.15) is 15.9 Å². The molecule has 0 saturated carbocycles. The Bertz CT molecular complexity index is 1270. The normalized spacial score (nSPS) is 11.5. The first-order valence-corrected chi connectivity index (χ1v) is 9.73. The van der Waals surface area contributed by atoms with Crippen molar-refractivity contribution in [3.63, 3.8) is 0 Å². The first-order valence-electron chi connectivity index (χ1n) is 8.79. The second-order valence-corrected chi connectivity index (χ2v) is 7.20. The molecule has 0 atom stereocenters. The van der Waals surface area contributed by atoms with Crippen molar-refractivity contribution in [1.82, 2.24) is 29.4 Å². The summed E-state index contributed by atoms with van der Waals surface area (Å²) < 4.78 is 17.1. The Kier molecular flexibility index (Phi) is 4.01. The third kappa shape index (κ3) is 2.89. The van der Waals surface area contributed by atoms with Gasteiger partial charge in [-0.25, -0.2) is 9.37 Å². The Morgan fingerprint density at radius 2 is 2.07 bits per heavy atom. The molecular weight excluding hydrogens is 377 g/mol. The van der Waals surface area contributed by atoms with Crippen LogP contribution < -0.4 is 5.32 Å². The van der Waals surface area contributed by atoms with E-state index in [4.69, 9.17) is 0 Å². The number of halogens is 1. The van der Waals surface area contributed by atoms with E-state index >= 15 is 0 Å². The number of hydrogen-bond acceptors (Lipinski definition) is 6. The van der Waals surface area contributed by atoms with Gasteiger partial charge in [0.2, 0.25) is 0 Å². The number of aromatic nitrogens is 6. The predicted octanol–water partition coefficient (Wildman–Crippen LogP) is 3.53. The van der Waals surface area contributed by atoms with Gasteiger partial charge in [0, 0.05) is 31.0 Å². The number of nitrogens with one attached hydrogen (secondary N) is 1. The van der Waals surface area contributed by atoms with Crippen molar-refractivity contribution in [1.29, 1.82) is 0 Å². The zero-order valence-electron chi connectivity index (χ0n) is 15.0. The molecule has 0 aliphatic heterocycles. The van der Waals surface area contributed by atoms with Crippen LogP contribution in [-0.4, -0.2) is 35.9 Å². The van der Waals surface area contributed by atoms with Crippen LogP contribution in [0.3, 0.4) is 0 Å². The molecule has 4 heterocycles. The minimum absolute atomic E-state index is 0.256. The Hall–Kier alpha value is -3.33. The molecule has 28 heavy (non-hydrogen) atoms. The summed E-state index contributed by atoms with van der Waals surface area (Å²) in [6.07, 6.45) is 0.687. The maximum Gasteiger partial charge on any atom is 0.186 e. The molecule has 0 bridgehead atoms. The number of thiophene rings is 1. The molecule has 0 aliphatic rings. The molecule has 5 rings (SSSR count). The molecule has 0 fully saturated rings. The number of imidazole rings is 1. The summed E-state index contributed by atoms with van der Waals surface area (Å²) >= 11 is 1.61. The van der Waals surface area contributed by atoms with Crippen LogP contribution in [0.25, 0.3) is 28.1 Å². The summed E-state index contributed by atoms with van der Waals surface area (Å²) in [4.78, 5) is 4.59. The van der Waals surface area contributed by atoms with E-state index in [0.717, 1.165) is 34.1 Å². The molecule has 5 aromatic rings. The lowest BCUT2D eigenvalue weighted by atomic mass is 10.3. The average Bonchev–Trinajstić information content (AvgIpc) is 3.42. The third-order valence-electron chi connectivity index (χ3n) is 4.63. The number of rotatable bonds is 5. The lowest BCUT2D eigenvalue weighted by Crippen LogP contribution is -2.11. The summed E-state index contributed by atoms with van der Waals surface area (Å²) in [5, 5.41) is 20.4. The van der Waals surface area contributed by atoms with Crippen molar-refractivity contribution >= 4 is 33.8 Å². The Morgan fingerprint density at radius 1 is 1.14 bits per heavy atom. The van der Waals surface area contributed by atoms with E-state index in [1.165, 1.54) is 12.1 Å². The molecule has 0 unspecified atom stereocenters. The fraction of sp³-hybridized carbons (Fsp3) is 0.158. The number of hydrogen-bond donors (Lipinski definition) is 1. The van der Waals surface area contributed by atoms with E-state index in [1.807, 2.05) is 40.6 Å². The van der Waals surface area contributed by atoms with Crippen LogP contribution in [0.5, 0.6) is 0 Å². The van der Waals surface area contributed by atoms with Crippen LogP contribution >= 0.6 is 11.3 Å². The topological polar surface area (TPSA) is 72.9 Å². The summed E-state index contributed by atoms with van der Waals surface area (Å²) in [6.45, 7) is 0.647. The van der Waals surface area contributed by atoms with E-state index in [9.17, 15) is 4.39 Å². The zero-order chi connectivity index (χ0) is 19.1. The molecule has 9 heteroatoms. The lowest BCUT2D eigenvalue weighted by Gasteiger charge is -2.06. The molecule has 0 saturated heterocycles. The molecule has 1 aromatic carbocycles. The van der Waals surface area contributed by atoms with Crippen LogP contribution in [-0.2, 0) is 13.5 Å². The van der Waals surface area contributed by atoms with Gasteiger partial charge in [0.05, 0.1) is 11.0 Å². The van der Waals surface area contributed by atoms with Gasteiger partial charge in [0.1, 0.15) is 17.5 Å². The average molecular weight is 393 g/mol. The van der Waals surface area contributed by atoms with Crippen molar-refractivity contribution in [2.75, 3.05) is 11.9 Å². The molecule has 0 radical (unpaired) electrons. The summed E-state index contributed by atoms with van der Waals surface area (Å²) in [6, 6.07) is 10.4. The van der Waals surface area contributed by atoms with Gasteiger partial charge in [-0.15, -0.1) is 15.3 Å². The highest BCUT2D eigenvalue weighted by atomic mass is 32.1. The first-order chi connectivity index (χ1) is 13.7. The number of nitrogens with zero attached hydrogens (tertiary/aromatic N) is 6. The van der Waals surface area contributed by atoms with Crippen LogP contribution in [0, 0.1) is 5.82 Å². The smallest absolute Gasteiger partial charge is 0.186 e. The lowest BCUT2D eigenvalue weighted by molar-refractivity contribution is 0.628. The van der Waals surface area contributed by atoms with Gasteiger partial charge in [-0.05, 0) is 41.8 Å². The van der Waals surface area contributed by atoms with Crippen LogP contribution in [0.4, 0.5) is 10.2 Å². The highest BCUT2D eigenvalue weighted by Gasteiger charge is 2.11. The minimum atomic E-state index is -0.256. The van der Waals surface area contributed by atoms with E-state index in [-0.39, 0.29) is 5.82 Å². The molecule has 0 amide bonds. The first kappa shape index (κ1) is 16.8. The van der Waals surface area contributed by atoms with Gasteiger partial charge < -0.3 is 9.88 Å². The SMILES string of the molecule is Cn1c(CCNc2ccc3nnc(-c4ccsc4)n3n2)nc2ccc(F)cc21. The number of aryl methyl sites for hydroxylation is 1. The Balaban J connectivity index is 1.35. The summed E-state index contributed by atoms with van der Waals surface area (Å²) in [5.41, 5.74) is 3.28. The van der Waals surface area contributed by atoms with Crippen molar-refractivity contribution in [3.05, 3.63) is 58.8 Å². The van der Waals surface area contributed by atoms with E-state index in [0.29, 0.717) is 18.6 Å². The largest absolute Gasteiger partial charge is 0.368 e. The van der Waals surface area contributed by atoms with Gasteiger partial charge in [0.15, 0.2) is 11.5 Å².